The second kappa shape index (κ2) is 15.6. The lowest BCUT2D eigenvalue weighted by Gasteiger charge is -2.30. The summed E-state index contributed by atoms with van der Waals surface area (Å²) in [5, 5.41) is 1.67. The number of benzene rings is 3. The molecule has 45 heavy (non-hydrogen) atoms. The highest BCUT2D eigenvalue weighted by Crippen LogP contribution is 2.33. The maximum atomic E-state index is 12.6. The fourth-order valence-corrected chi connectivity index (χ4v) is 4.52. The summed E-state index contributed by atoms with van der Waals surface area (Å²) in [6, 6.07) is 17.9. The number of fused-ring (bicyclic) bond motifs is 1. The Balaban J connectivity index is 1.46. The van der Waals surface area contributed by atoms with Crippen molar-refractivity contribution in [1.82, 2.24) is 0 Å². The van der Waals surface area contributed by atoms with Crippen LogP contribution >= 0.6 is 0 Å². The molecule has 0 aliphatic rings. The van der Waals surface area contributed by atoms with Gasteiger partial charge in [-0.3, -0.25) is 0 Å². The molecule has 0 amide bonds. The van der Waals surface area contributed by atoms with Crippen LogP contribution in [0.2, 0.25) is 0 Å². The molecule has 0 aliphatic heterocycles. The minimum Gasteiger partial charge on any atom is -0.482 e. The molecule has 0 spiro atoms. The number of carbonyl (C=O) groups is 3. The average Bonchev–Trinajstić information content (AvgIpc) is 2.97. The van der Waals surface area contributed by atoms with Gasteiger partial charge in [0.05, 0.1) is 12.2 Å². The fraction of sp³-hybridized carbons (Fsp3) is 0.417. The first-order valence-corrected chi connectivity index (χ1v) is 15.0. The fourth-order valence-electron chi connectivity index (χ4n) is 4.52. The maximum absolute atomic E-state index is 12.6. The summed E-state index contributed by atoms with van der Waals surface area (Å²) in [6.07, 6.45) is 0.908. The number of rotatable bonds is 15. The van der Waals surface area contributed by atoms with Crippen LogP contribution in [-0.2, 0) is 34.1 Å². The Bertz CT molecular complexity index is 1490. The number of hydrogen-bond acceptors (Lipinski definition) is 9. The topological polar surface area (TPSA) is 107 Å². The van der Waals surface area contributed by atoms with E-state index in [1.807, 2.05) is 32.0 Å². The Morgan fingerprint density at radius 3 is 2.13 bits per heavy atom. The van der Waals surface area contributed by atoms with Crippen LogP contribution < -0.4 is 9.47 Å². The van der Waals surface area contributed by atoms with Crippen molar-refractivity contribution in [2.75, 3.05) is 19.8 Å². The third-order valence-electron chi connectivity index (χ3n) is 6.65. The summed E-state index contributed by atoms with van der Waals surface area (Å²) in [5.41, 5.74) is 0.250. The number of esters is 3. The quantitative estimate of drug-likeness (QED) is 0.0569. The minimum atomic E-state index is -0.777. The molecule has 3 aromatic carbocycles. The second-order valence-corrected chi connectivity index (χ2v) is 12.0. The molecule has 0 radical (unpaired) electrons. The molecule has 2 unspecified atom stereocenters. The van der Waals surface area contributed by atoms with Crippen LogP contribution in [0.1, 0.15) is 77.2 Å². The Morgan fingerprint density at radius 2 is 1.49 bits per heavy atom. The molecule has 2 atom stereocenters. The Morgan fingerprint density at radius 1 is 0.844 bits per heavy atom. The lowest BCUT2D eigenvalue weighted by atomic mass is 9.91. The summed E-state index contributed by atoms with van der Waals surface area (Å²) in [5.74, 6) is -0.241. The summed E-state index contributed by atoms with van der Waals surface area (Å²) >= 11 is 0. The number of hydrogen-bond donors (Lipinski definition) is 0. The summed E-state index contributed by atoms with van der Waals surface area (Å²) in [6.45, 7) is 16.4. The zero-order valence-electron chi connectivity index (χ0n) is 27.3. The standard InChI is InChI=1S/C36H44O9/c1-9-18-36(8,45-33(38)24(2)3)29-13-16-30(17-14-29)43-25(4)40-19-20-41-34(39)28-11-10-27-22-31(15-12-26(27)21-28)42-23-32(37)44-35(5,6)7/h10-17,21-22,25H,2,9,18-20,23H2,1,3-8H3. The zero-order valence-corrected chi connectivity index (χ0v) is 27.3. The highest BCUT2D eigenvalue weighted by molar-refractivity contribution is 5.95. The van der Waals surface area contributed by atoms with E-state index in [0.717, 1.165) is 22.8 Å². The normalized spacial score (nSPS) is 13.3. The molecule has 0 N–H and O–H groups in total. The molecular formula is C36H44O9. The van der Waals surface area contributed by atoms with Crippen LogP contribution in [0.5, 0.6) is 11.5 Å². The van der Waals surface area contributed by atoms with E-state index in [4.69, 9.17) is 28.4 Å². The number of carbonyl (C=O) groups excluding carboxylic acids is 3. The van der Waals surface area contributed by atoms with E-state index in [1.165, 1.54) is 0 Å². The molecule has 242 valence electrons. The van der Waals surface area contributed by atoms with Gasteiger partial charge in [-0.05, 0) is 101 Å². The van der Waals surface area contributed by atoms with Gasteiger partial charge < -0.3 is 28.4 Å². The van der Waals surface area contributed by atoms with Crippen molar-refractivity contribution in [2.24, 2.45) is 0 Å². The van der Waals surface area contributed by atoms with Crippen LogP contribution in [0.4, 0.5) is 0 Å². The summed E-state index contributed by atoms with van der Waals surface area (Å²) in [4.78, 5) is 36.7. The van der Waals surface area contributed by atoms with Crippen LogP contribution in [0.25, 0.3) is 10.8 Å². The largest absolute Gasteiger partial charge is 0.482 e. The van der Waals surface area contributed by atoms with Crippen molar-refractivity contribution in [3.63, 3.8) is 0 Å². The van der Waals surface area contributed by atoms with Crippen molar-refractivity contribution in [1.29, 1.82) is 0 Å². The van der Waals surface area contributed by atoms with Gasteiger partial charge in [0.2, 0.25) is 0 Å². The molecule has 0 saturated heterocycles. The first-order valence-electron chi connectivity index (χ1n) is 15.0. The number of ether oxygens (including phenoxy) is 6. The van der Waals surface area contributed by atoms with Gasteiger partial charge in [0.25, 0.3) is 0 Å². The molecule has 0 heterocycles. The van der Waals surface area contributed by atoms with Crippen LogP contribution in [0, 0.1) is 0 Å². The summed E-state index contributed by atoms with van der Waals surface area (Å²) in [7, 11) is 0. The van der Waals surface area contributed by atoms with Gasteiger partial charge in [0.15, 0.2) is 12.9 Å². The summed E-state index contributed by atoms with van der Waals surface area (Å²) < 4.78 is 33.5. The minimum absolute atomic E-state index is 0.0460. The molecule has 0 fully saturated rings. The first kappa shape index (κ1) is 35.1. The molecule has 9 nitrogen and oxygen atoms in total. The van der Waals surface area contributed by atoms with E-state index in [9.17, 15) is 14.4 Å². The third-order valence-corrected chi connectivity index (χ3v) is 6.65. The maximum Gasteiger partial charge on any atom is 0.344 e. The van der Waals surface area contributed by atoms with E-state index < -0.39 is 35.4 Å². The van der Waals surface area contributed by atoms with Crippen molar-refractivity contribution in [3.05, 3.63) is 83.9 Å². The van der Waals surface area contributed by atoms with Gasteiger partial charge >= 0.3 is 17.9 Å². The second-order valence-electron chi connectivity index (χ2n) is 12.0. The predicted molar refractivity (Wildman–Crippen MR) is 171 cm³/mol. The molecular weight excluding hydrogens is 576 g/mol. The first-order chi connectivity index (χ1) is 21.2. The van der Waals surface area contributed by atoms with Gasteiger partial charge in [-0.15, -0.1) is 0 Å². The van der Waals surface area contributed by atoms with Crippen molar-refractivity contribution in [3.8, 4) is 11.5 Å². The average molecular weight is 621 g/mol. The monoisotopic (exact) mass is 620 g/mol. The molecule has 0 aliphatic carbocycles. The van der Waals surface area contributed by atoms with E-state index in [0.29, 0.717) is 29.1 Å². The molecule has 9 heteroatoms. The van der Waals surface area contributed by atoms with E-state index >= 15 is 0 Å². The van der Waals surface area contributed by atoms with Crippen LogP contribution in [0.15, 0.2) is 72.8 Å². The van der Waals surface area contributed by atoms with Gasteiger partial charge in [-0.25, -0.2) is 14.4 Å². The highest BCUT2D eigenvalue weighted by atomic mass is 16.7. The van der Waals surface area contributed by atoms with Gasteiger partial charge in [0.1, 0.15) is 29.3 Å². The Kier molecular flexibility index (Phi) is 12.1. The van der Waals surface area contributed by atoms with Crippen molar-refractivity contribution in [2.45, 2.75) is 78.8 Å². The molecule has 0 aromatic heterocycles. The van der Waals surface area contributed by atoms with Crippen LogP contribution in [0.3, 0.4) is 0 Å². The smallest absolute Gasteiger partial charge is 0.344 e. The Labute approximate surface area is 265 Å². The molecule has 3 rings (SSSR count). The molecule has 3 aromatic rings. The Hall–Kier alpha value is -4.37. The highest BCUT2D eigenvalue weighted by Gasteiger charge is 2.30. The van der Waals surface area contributed by atoms with Gasteiger partial charge in [-0.2, -0.15) is 0 Å². The predicted octanol–water partition coefficient (Wildman–Crippen LogP) is 7.29. The van der Waals surface area contributed by atoms with E-state index in [-0.39, 0.29) is 19.8 Å². The zero-order chi connectivity index (χ0) is 33.2. The van der Waals surface area contributed by atoms with Gasteiger partial charge in [-0.1, -0.05) is 44.2 Å². The third kappa shape index (κ3) is 10.9. The van der Waals surface area contributed by atoms with Gasteiger partial charge in [0, 0.05) is 5.57 Å². The van der Waals surface area contributed by atoms with E-state index in [1.54, 1.807) is 77.1 Å². The van der Waals surface area contributed by atoms with Crippen LogP contribution in [-0.4, -0.2) is 49.6 Å². The van der Waals surface area contributed by atoms with Crippen molar-refractivity contribution < 1.29 is 42.8 Å². The van der Waals surface area contributed by atoms with Crippen molar-refractivity contribution >= 4 is 28.7 Å². The van der Waals surface area contributed by atoms with E-state index in [2.05, 4.69) is 6.58 Å². The molecule has 0 saturated carbocycles. The lowest BCUT2D eigenvalue weighted by molar-refractivity contribution is -0.157. The lowest BCUT2D eigenvalue weighted by Crippen LogP contribution is -2.29. The molecule has 0 bridgehead atoms. The SMILES string of the molecule is C=C(C)C(=O)OC(C)(CCC)c1ccc(OC(C)OCCOC(=O)c2ccc3cc(OCC(=O)OC(C)(C)C)ccc3c2)cc1.